The van der Waals surface area contributed by atoms with Crippen LogP contribution >= 0.6 is 10.7 Å². The minimum Gasteiger partial charge on any atom is -0.262 e. The summed E-state index contributed by atoms with van der Waals surface area (Å²) in [7, 11) is 1.64. The fourth-order valence-electron chi connectivity index (χ4n) is 2.03. The van der Waals surface area contributed by atoms with Crippen LogP contribution in [0.15, 0.2) is 23.1 Å². The Bertz CT molecular complexity index is 723. The third kappa shape index (κ3) is 2.96. The zero-order chi connectivity index (χ0) is 14.2. The van der Waals surface area contributed by atoms with Gasteiger partial charge in [-0.2, -0.15) is 5.10 Å². The van der Waals surface area contributed by atoms with Gasteiger partial charge in [0.25, 0.3) is 9.05 Å². The van der Waals surface area contributed by atoms with Gasteiger partial charge < -0.3 is 0 Å². The van der Waals surface area contributed by atoms with Crippen LogP contribution in [0.25, 0.3) is 0 Å². The molecule has 0 spiro atoms. The number of aromatic nitrogens is 3. The third-order valence-electron chi connectivity index (χ3n) is 2.82. The van der Waals surface area contributed by atoms with Gasteiger partial charge in [-0.25, -0.2) is 8.42 Å². The summed E-state index contributed by atoms with van der Waals surface area (Å²) >= 11 is 0. The van der Waals surface area contributed by atoms with Gasteiger partial charge in [-0.1, -0.05) is 6.07 Å². The SMILES string of the molecule is Cc1cccc(Cn2nc(C)c(S(=O)(=O)Cl)c2C)n1. The van der Waals surface area contributed by atoms with Crippen LogP contribution < -0.4 is 0 Å². The maximum absolute atomic E-state index is 11.5. The van der Waals surface area contributed by atoms with Crippen LogP contribution in [0.1, 0.15) is 22.8 Å². The van der Waals surface area contributed by atoms with E-state index in [1.807, 2.05) is 25.1 Å². The largest absolute Gasteiger partial charge is 0.264 e. The summed E-state index contributed by atoms with van der Waals surface area (Å²) in [6.45, 7) is 5.63. The van der Waals surface area contributed by atoms with Crippen molar-refractivity contribution in [2.24, 2.45) is 0 Å². The average molecular weight is 300 g/mol. The molecule has 7 heteroatoms. The lowest BCUT2D eigenvalue weighted by atomic mass is 10.3. The Balaban J connectivity index is 2.43. The molecule has 5 nitrogen and oxygen atoms in total. The quantitative estimate of drug-likeness (QED) is 0.815. The molecule has 2 heterocycles. The van der Waals surface area contributed by atoms with Gasteiger partial charge in [0.2, 0.25) is 0 Å². The summed E-state index contributed by atoms with van der Waals surface area (Å²) in [5.74, 6) is 0. The highest BCUT2D eigenvalue weighted by molar-refractivity contribution is 8.13. The molecule has 102 valence electrons. The maximum atomic E-state index is 11.5. The molecule has 0 aromatic carbocycles. The van der Waals surface area contributed by atoms with E-state index in [1.54, 1.807) is 18.5 Å². The first-order valence-corrected chi connectivity index (χ1v) is 8.01. The number of hydrogen-bond donors (Lipinski definition) is 0. The molecule has 0 amide bonds. The fraction of sp³-hybridized carbons (Fsp3) is 0.333. The predicted octanol–water partition coefficient (Wildman–Crippen LogP) is 2.18. The Labute approximate surface area is 116 Å². The van der Waals surface area contributed by atoms with Gasteiger partial charge in [0.15, 0.2) is 0 Å². The van der Waals surface area contributed by atoms with Crippen LogP contribution in [0, 0.1) is 20.8 Å². The molecule has 0 aliphatic heterocycles. The molecule has 0 atom stereocenters. The molecule has 0 fully saturated rings. The lowest BCUT2D eigenvalue weighted by Crippen LogP contribution is -2.06. The maximum Gasteiger partial charge on any atom is 0.264 e. The Morgan fingerprint density at radius 2 is 1.95 bits per heavy atom. The number of halogens is 1. The van der Waals surface area contributed by atoms with E-state index in [2.05, 4.69) is 10.1 Å². The van der Waals surface area contributed by atoms with Gasteiger partial charge in [-0.05, 0) is 32.9 Å². The van der Waals surface area contributed by atoms with Gasteiger partial charge >= 0.3 is 0 Å². The molecule has 0 aliphatic carbocycles. The lowest BCUT2D eigenvalue weighted by molar-refractivity contribution is 0.607. The molecular formula is C12H14ClN3O2S. The van der Waals surface area contributed by atoms with Crippen molar-refractivity contribution in [3.8, 4) is 0 Å². The molecular weight excluding hydrogens is 286 g/mol. The molecule has 2 rings (SSSR count). The molecule has 0 N–H and O–H groups in total. The van der Waals surface area contributed by atoms with Crippen molar-refractivity contribution >= 4 is 19.7 Å². The van der Waals surface area contributed by atoms with Crippen molar-refractivity contribution in [3.63, 3.8) is 0 Å². The molecule has 19 heavy (non-hydrogen) atoms. The normalized spacial score (nSPS) is 11.8. The third-order valence-corrected chi connectivity index (χ3v) is 4.36. The fourth-order valence-corrected chi connectivity index (χ4v) is 3.55. The second kappa shape index (κ2) is 4.94. The molecule has 2 aromatic heterocycles. The number of hydrogen-bond acceptors (Lipinski definition) is 4. The zero-order valence-electron chi connectivity index (χ0n) is 10.9. The van der Waals surface area contributed by atoms with Crippen LogP contribution in [0.2, 0.25) is 0 Å². The summed E-state index contributed by atoms with van der Waals surface area (Å²) < 4.78 is 24.6. The summed E-state index contributed by atoms with van der Waals surface area (Å²) in [5, 5.41) is 4.21. The van der Waals surface area contributed by atoms with E-state index in [1.165, 1.54) is 0 Å². The van der Waals surface area contributed by atoms with Crippen molar-refractivity contribution in [1.29, 1.82) is 0 Å². The van der Waals surface area contributed by atoms with Crippen molar-refractivity contribution in [3.05, 3.63) is 41.0 Å². The molecule has 0 aliphatic rings. The van der Waals surface area contributed by atoms with Crippen molar-refractivity contribution < 1.29 is 8.42 Å². The highest BCUT2D eigenvalue weighted by Crippen LogP contribution is 2.23. The van der Waals surface area contributed by atoms with Crippen LogP contribution in [-0.4, -0.2) is 23.2 Å². The standard InChI is InChI=1S/C12H14ClN3O2S/c1-8-5-4-6-11(14-8)7-16-10(3)12(9(2)15-16)19(13,17)18/h4-6H,7H2,1-3H3. The highest BCUT2D eigenvalue weighted by Gasteiger charge is 2.22. The number of nitrogens with zero attached hydrogens (tertiary/aromatic N) is 3. The summed E-state index contributed by atoms with van der Waals surface area (Å²) in [6.07, 6.45) is 0. The first-order valence-electron chi connectivity index (χ1n) is 5.70. The average Bonchev–Trinajstić information content (AvgIpc) is 2.53. The van der Waals surface area contributed by atoms with Gasteiger partial charge in [0.05, 0.1) is 23.6 Å². The smallest absolute Gasteiger partial charge is 0.262 e. The molecule has 0 unspecified atom stereocenters. The van der Waals surface area contributed by atoms with Crippen LogP contribution in [0.3, 0.4) is 0 Å². The van der Waals surface area contributed by atoms with E-state index in [9.17, 15) is 8.42 Å². The summed E-state index contributed by atoms with van der Waals surface area (Å²) in [5.41, 5.74) is 2.66. The molecule has 2 aromatic rings. The Morgan fingerprint density at radius 1 is 1.26 bits per heavy atom. The number of rotatable bonds is 3. The van der Waals surface area contributed by atoms with E-state index in [4.69, 9.17) is 10.7 Å². The Morgan fingerprint density at radius 3 is 2.47 bits per heavy atom. The minimum absolute atomic E-state index is 0.0850. The van der Waals surface area contributed by atoms with Crippen LogP contribution in [-0.2, 0) is 15.6 Å². The van der Waals surface area contributed by atoms with Gasteiger partial charge in [-0.15, -0.1) is 0 Å². The summed E-state index contributed by atoms with van der Waals surface area (Å²) in [6, 6.07) is 5.68. The van der Waals surface area contributed by atoms with Gasteiger partial charge in [-0.3, -0.25) is 9.67 Å². The predicted molar refractivity (Wildman–Crippen MR) is 72.8 cm³/mol. The van der Waals surface area contributed by atoms with Crippen LogP contribution in [0.4, 0.5) is 0 Å². The first-order chi connectivity index (χ1) is 8.79. The second-order valence-electron chi connectivity index (χ2n) is 4.37. The molecule has 0 saturated carbocycles. The van der Waals surface area contributed by atoms with Gasteiger partial charge in [0, 0.05) is 16.4 Å². The Hall–Kier alpha value is -1.40. The van der Waals surface area contributed by atoms with E-state index in [0.717, 1.165) is 11.4 Å². The summed E-state index contributed by atoms with van der Waals surface area (Å²) in [4.78, 5) is 4.45. The lowest BCUT2D eigenvalue weighted by Gasteiger charge is -2.05. The van der Waals surface area contributed by atoms with E-state index >= 15 is 0 Å². The number of aryl methyl sites for hydroxylation is 2. The van der Waals surface area contributed by atoms with Gasteiger partial charge in [0.1, 0.15) is 4.90 Å². The van der Waals surface area contributed by atoms with E-state index in [-0.39, 0.29) is 4.90 Å². The molecule has 0 radical (unpaired) electrons. The monoisotopic (exact) mass is 299 g/mol. The van der Waals surface area contributed by atoms with E-state index < -0.39 is 9.05 Å². The Kier molecular flexibility index (Phi) is 3.64. The van der Waals surface area contributed by atoms with E-state index in [0.29, 0.717) is 17.9 Å². The van der Waals surface area contributed by atoms with Crippen LogP contribution in [0.5, 0.6) is 0 Å². The molecule has 0 bridgehead atoms. The minimum atomic E-state index is -3.78. The first kappa shape index (κ1) is 14.0. The zero-order valence-corrected chi connectivity index (χ0v) is 12.5. The molecule has 0 saturated heterocycles. The van der Waals surface area contributed by atoms with Crippen molar-refractivity contribution in [2.45, 2.75) is 32.2 Å². The number of pyridine rings is 1. The highest BCUT2D eigenvalue weighted by atomic mass is 35.7. The van der Waals surface area contributed by atoms with Crippen molar-refractivity contribution in [1.82, 2.24) is 14.8 Å². The topological polar surface area (TPSA) is 64.8 Å². The van der Waals surface area contributed by atoms with Crippen molar-refractivity contribution in [2.75, 3.05) is 0 Å². The second-order valence-corrected chi connectivity index (χ2v) is 6.87.